The summed E-state index contributed by atoms with van der Waals surface area (Å²) in [5, 5.41) is 0. The Kier molecular flexibility index (Phi) is 11.7. The molecule has 132 valence electrons. The molecule has 0 aliphatic carbocycles. The molecule has 1 aromatic heterocycles. The Morgan fingerprint density at radius 2 is 0.913 bits per heavy atom. The minimum absolute atomic E-state index is 0.891. The predicted molar refractivity (Wildman–Crippen MR) is 98.7 cm³/mol. The van der Waals surface area contributed by atoms with Gasteiger partial charge in [-0.05, 0) is 19.8 Å². The lowest BCUT2D eigenvalue weighted by Gasteiger charge is -2.06. The summed E-state index contributed by atoms with van der Waals surface area (Å²) in [7, 11) is 0. The van der Waals surface area contributed by atoms with E-state index in [1.807, 2.05) is 6.92 Å². The van der Waals surface area contributed by atoms with Crippen molar-refractivity contribution in [3.8, 4) is 0 Å². The van der Waals surface area contributed by atoms with Crippen LogP contribution in [-0.2, 0) is 12.8 Å². The minimum atomic E-state index is 0.891. The van der Waals surface area contributed by atoms with Crippen LogP contribution >= 0.6 is 0 Å². The lowest BCUT2D eigenvalue weighted by Crippen LogP contribution is -2.06. The van der Waals surface area contributed by atoms with Crippen molar-refractivity contribution in [2.45, 2.75) is 111 Å². The standard InChI is InChI=1S/C20H37N3/c1-4-6-8-10-12-14-16-19-21-18(3)22-20(23-19)17-15-13-11-9-7-5-2/h4-17H2,1-3H3. The fraction of sp³-hybridized carbons (Fsp3) is 0.850. The normalized spacial score (nSPS) is 11.1. The molecule has 0 radical (unpaired) electrons. The second-order valence-electron chi connectivity index (χ2n) is 6.75. The third kappa shape index (κ3) is 10.4. The van der Waals surface area contributed by atoms with Gasteiger partial charge in [-0.2, -0.15) is 0 Å². The molecule has 3 nitrogen and oxygen atoms in total. The number of aromatic nitrogens is 3. The maximum atomic E-state index is 4.68. The summed E-state index contributed by atoms with van der Waals surface area (Å²) >= 11 is 0. The van der Waals surface area contributed by atoms with Crippen LogP contribution in [0.3, 0.4) is 0 Å². The summed E-state index contributed by atoms with van der Waals surface area (Å²) in [6.07, 6.45) is 17.9. The largest absolute Gasteiger partial charge is 0.218 e. The van der Waals surface area contributed by atoms with Crippen LogP contribution in [0.15, 0.2) is 0 Å². The van der Waals surface area contributed by atoms with Crippen molar-refractivity contribution in [1.82, 2.24) is 15.0 Å². The summed E-state index contributed by atoms with van der Waals surface area (Å²) in [5.41, 5.74) is 0. The molecule has 1 rings (SSSR count). The van der Waals surface area contributed by atoms with Crippen molar-refractivity contribution >= 4 is 0 Å². The average molecular weight is 320 g/mol. The van der Waals surface area contributed by atoms with Crippen LogP contribution in [0.5, 0.6) is 0 Å². The molecule has 0 bridgehead atoms. The van der Waals surface area contributed by atoms with Crippen LogP contribution in [0, 0.1) is 6.92 Å². The first-order valence-corrected chi connectivity index (χ1v) is 9.96. The van der Waals surface area contributed by atoms with E-state index in [0.717, 1.165) is 30.3 Å². The van der Waals surface area contributed by atoms with Crippen molar-refractivity contribution < 1.29 is 0 Å². The van der Waals surface area contributed by atoms with Gasteiger partial charge in [-0.3, -0.25) is 0 Å². The fourth-order valence-corrected chi connectivity index (χ4v) is 2.95. The SMILES string of the molecule is CCCCCCCCc1nc(C)nc(CCCCCCCC)n1. The van der Waals surface area contributed by atoms with E-state index in [0.29, 0.717) is 0 Å². The second kappa shape index (κ2) is 13.4. The Hall–Kier alpha value is -0.990. The first-order valence-electron chi connectivity index (χ1n) is 9.96. The van der Waals surface area contributed by atoms with Gasteiger partial charge in [0.25, 0.3) is 0 Å². The Balaban J connectivity index is 2.25. The van der Waals surface area contributed by atoms with Crippen molar-refractivity contribution in [2.24, 2.45) is 0 Å². The molecule has 0 unspecified atom stereocenters. The molecule has 1 aromatic rings. The Morgan fingerprint density at radius 1 is 0.522 bits per heavy atom. The van der Waals surface area contributed by atoms with Crippen molar-refractivity contribution in [1.29, 1.82) is 0 Å². The zero-order valence-corrected chi connectivity index (χ0v) is 15.7. The van der Waals surface area contributed by atoms with Gasteiger partial charge in [-0.1, -0.05) is 78.1 Å². The Morgan fingerprint density at radius 3 is 1.35 bits per heavy atom. The summed E-state index contributed by atoms with van der Waals surface area (Å²) < 4.78 is 0. The van der Waals surface area contributed by atoms with E-state index in [1.165, 1.54) is 77.0 Å². The number of nitrogens with zero attached hydrogens (tertiary/aromatic N) is 3. The van der Waals surface area contributed by atoms with Crippen molar-refractivity contribution in [3.63, 3.8) is 0 Å². The number of unbranched alkanes of at least 4 members (excludes halogenated alkanes) is 10. The molecule has 0 saturated carbocycles. The molecular formula is C20H37N3. The Bertz CT molecular complexity index is 370. The van der Waals surface area contributed by atoms with Crippen LogP contribution in [0.25, 0.3) is 0 Å². The minimum Gasteiger partial charge on any atom is -0.218 e. The molecular weight excluding hydrogens is 282 g/mol. The first-order chi connectivity index (χ1) is 11.3. The number of hydrogen-bond donors (Lipinski definition) is 0. The zero-order valence-electron chi connectivity index (χ0n) is 15.7. The monoisotopic (exact) mass is 319 g/mol. The van der Waals surface area contributed by atoms with Gasteiger partial charge in [0.05, 0.1) is 0 Å². The topological polar surface area (TPSA) is 38.7 Å². The highest BCUT2D eigenvalue weighted by atomic mass is 15.0. The van der Waals surface area contributed by atoms with Gasteiger partial charge in [0.1, 0.15) is 17.5 Å². The molecule has 0 aliphatic heterocycles. The number of rotatable bonds is 14. The molecule has 0 amide bonds. The van der Waals surface area contributed by atoms with Gasteiger partial charge in [-0.25, -0.2) is 15.0 Å². The van der Waals surface area contributed by atoms with E-state index in [9.17, 15) is 0 Å². The van der Waals surface area contributed by atoms with Gasteiger partial charge in [0, 0.05) is 12.8 Å². The third-order valence-electron chi connectivity index (χ3n) is 4.35. The fourth-order valence-electron chi connectivity index (χ4n) is 2.95. The quantitative estimate of drug-likeness (QED) is 0.395. The number of hydrogen-bond acceptors (Lipinski definition) is 3. The van der Waals surface area contributed by atoms with Crippen LogP contribution in [-0.4, -0.2) is 15.0 Å². The summed E-state index contributed by atoms with van der Waals surface area (Å²) in [6.45, 7) is 6.52. The van der Waals surface area contributed by atoms with Crippen LogP contribution in [0.1, 0.15) is 108 Å². The summed E-state index contributed by atoms with van der Waals surface area (Å²) in [5.74, 6) is 2.91. The molecule has 23 heavy (non-hydrogen) atoms. The smallest absolute Gasteiger partial charge is 0.132 e. The second-order valence-corrected chi connectivity index (χ2v) is 6.75. The lowest BCUT2D eigenvalue weighted by atomic mass is 10.1. The van der Waals surface area contributed by atoms with Gasteiger partial charge in [0.2, 0.25) is 0 Å². The van der Waals surface area contributed by atoms with Crippen LogP contribution in [0.4, 0.5) is 0 Å². The molecule has 0 fully saturated rings. The Labute approximate surface area is 143 Å². The van der Waals surface area contributed by atoms with E-state index in [-0.39, 0.29) is 0 Å². The maximum absolute atomic E-state index is 4.68. The predicted octanol–water partition coefficient (Wildman–Crippen LogP) is 5.99. The van der Waals surface area contributed by atoms with E-state index in [1.54, 1.807) is 0 Å². The molecule has 0 spiro atoms. The van der Waals surface area contributed by atoms with Gasteiger partial charge in [0.15, 0.2) is 0 Å². The molecule has 0 saturated heterocycles. The van der Waals surface area contributed by atoms with Crippen molar-refractivity contribution in [2.75, 3.05) is 0 Å². The van der Waals surface area contributed by atoms with E-state index in [4.69, 9.17) is 0 Å². The molecule has 1 heterocycles. The maximum Gasteiger partial charge on any atom is 0.132 e. The highest BCUT2D eigenvalue weighted by molar-refractivity contribution is 4.96. The van der Waals surface area contributed by atoms with E-state index >= 15 is 0 Å². The molecule has 0 atom stereocenters. The van der Waals surface area contributed by atoms with E-state index in [2.05, 4.69) is 28.8 Å². The van der Waals surface area contributed by atoms with Crippen molar-refractivity contribution in [3.05, 3.63) is 17.5 Å². The molecule has 0 N–H and O–H groups in total. The van der Waals surface area contributed by atoms with Gasteiger partial charge in [-0.15, -0.1) is 0 Å². The highest BCUT2D eigenvalue weighted by Gasteiger charge is 2.04. The molecule has 0 aromatic carbocycles. The highest BCUT2D eigenvalue weighted by Crippen LogP contribution is 2.10. The van der Waals surface area contributed by atoms with Gasteiger partial charge >= 0.3 is 0 Å². The summed E-state index contributed by atoms with van der Waals surface area (Å²) in [4.78, 5) is 13.7. The summed E-state index contributed by atoms with van der Waals surface area (Å²) in [6, 6.07) is 0. The zero-order chi connectivity index (χ0) is 16.8. The number of aryl methyl sites for hydroxylation is 3. The van der Waals surface area contributed by atoms with Crippen LogP contribution in [0.2, 0.25) is 0 Å². The molecule has 0 aliphatic rings. The first kappa shape index (κ1) is 20.1. The molecule has 3 heteroatoms. The average Bonchev–Trinajstić information content (AvgIpc) is 2.53. The van der Waals surface area contributed by atoms with E-state index < -0.39 is 0 Å². The van der Waals surface area contributed by atoms with Crippen LogP contribution < -0.4 is 0 Å². The third-order valence-corrected chi connectivity index (χ3v) is 4.35. The van der Waals surface area contributed by atoms with Gasteiger partial charge < -0.3 is 0 Å². The lowest BCUT2D eigenvalue weighted by molar-refractivity contribution is 0.587.